The highest BCUT2D eigenvalue weighted by molar-refractivity contribution is 7.98. The Kier molecular flexibility index (Phi) is 6.93. The number of nitrogens with two attached hydrogens (primary N) is 1. The smallest absolute Gasteiger partial charge is 0.126 e. The fraction of sp³-hybridized carbons (Fsp3) is 0.562. The molecule has 1 aromatic carbocycles. The van der Waals surface area contributed by atoms with E-state index in [0.29, 0.717) is 5.92 Å². The van der Waals surface area contributed by atoms with E-state index in [1.807, 2.05) is 12.3 Å². The molecule has 0 fully saturated rings. The molecule has 0 aliphatic heterocycles. The molecule has 4 heteroatoms. The maximum Gasteiger partial charge on any atom is 0.126 e. The molecule has 0 saturated carbocycles. The van der Waals surface area contributed by atoms with Crippen molar-refractivity contribution in [2.24, 2.45) is 11.7 Å². The monoisotopic (exact) mass is 293 g/mol. The van der Waals surface area contributed by atoms with Gasteiger partial charge < -0.3 is 10.6 Å². The van der Waals surface area contributed by atoms with Crippen molar-refractivity contribution in [2.75, 3.05) is 24.2 Å². The molecular formula is C16H27N3S. The Hall–Kier alpha value is -1.16. The number of thioether (sulfide) groups is 1. The molecule has 0 radical (unpaired) electrons. The van der Waals surface area contributed by atoms with E-state index >= 15 is 0 Å². The molecule has 0 saturated heterocycles. The van der Waals surface area contributed by atoms with E-state index < -0.39 is 0 Å². The maximum atomic E-state index is 7.90. The van der Waals surface area contributed by atoms with Crippen LogP contribution >= 0.6 is 11.8 Å². The van der Waals surface area contributed by atoms with Gasteiger partial charge in [-0.1, -0.05) is 32.8 Å². The van der Waals surface area contributed by atoms with Gasteiger partial charge in [0.15, 0.2) is 0 Å². The number of rotatable bonds is 8. The van der Waals surface area contributed by atoms with E-state index in [2.05, 4.69) is 37.8 Å². The van der Waals surface area contributed by atoms with E-state index in [-0.39, 0.29) is 5.84 Å². The number of hydrogen-bond acceptors (Lipinski definition) is 3. The first-order valence-electron chi connectivity index (χ1n) is 7.35. The summed E-state index contributed by atoms with van der Waals surface area (Å²) in [7, 11) is 0. The molecule has 0 aliphatic carbocycles. The minimum Gasteiger partial charge on any atom is -0.384 e. The summed E-state index contributed by atoms with van der Waals surface area (Å²) in [5.74, 6) is 0.848. The highest BCUT2D eigenvalue weighted by Crippen LogP contribution is 2.30. The van der Waals surface area contributed by atoms with Gasteiger partial charge in [0.25, 0.3) is 0 Å². The van der Waals surface area contributed by atoms with E-state index in [0.717, 1.165) is 29.2 Å². The second-order valence-corrected chi connectivity index (χ2v) is 5.84. The van der Waals surface area contributed by atoms with Crippen LogP contribution in [0.3, 0.4) is 0 Å². The number of hydrogen-bond donors (Lipinski definition) is 2. The number of benzene rings is 1. The zero-order valence-electron chi connectivity index (χ0n) is 13.1. The van der Waals surface area contributed by atoms with Crippen LogP contribution < -0.4 is 10.6 Å². The molecule has 0 bridgehead atoms. The van der Waals surface area contributed by atoms with Crippen molar-refractivity contribution in [2.45, 2.75) is 38.5 Å². The summed E-state index contributed by atoms with van der Waals surface area (Å²) in [6, 6.07) is 6.18. The number of nitrogens with one attached hydrogen (secondary N) is 1. The average Bonchev–Trinajstić information content (AvgIpc) is 2.47. The van der Waals surface area contributed by atoms with Crippen LogP contribution in [0.5, 0.6) is 0 Å². The van der Waals surface area contributed by atoms with Crippen LogP contribution in [0.2, 0.25) is 0 Å². The summed E-state index contributed by atoms with van der Waals surface area (Å²) >= 11 is 1.65. The minimum absolute atomic E-state index is 0.160. The van der Waals surface area contributed by atoms with Gasteiger partial charge in [0.05, 0.1) is 5.56 Å². The summed E-state index contributed by atoms with van der Waals surface area (Å²) in [6.07, 6.45) is 4.40. The number of nitrogen functional groups attached to an aromatic ring is 1. The average molecular weight is 293 g/mol. The lowest BCUT2D eigenvalue weighted by Crippen LogP contribution is -2.31. The highest BCUT2D eigenvalue weighted by Gasteiger charge is 2.17. The first kappa shape index (κ1) is 16.9. The van der Waals surface area contributed by atoms with Crippen LogP contribution in [0.1, 0.15) is 39.2 Å². The number of nitrogens with zero attached hydrogens (tertiary/aromatic N) is 1. The Morgan fingerprint density at radius 3 is 2.40 bits per heavy atom. The molecule has 0 spiro atoms. The van der Waals surface area contributed by atoms with Gasteiger partial charge in [-0.3, -0.25) is 5.41 Å². The third-order valence-electron chi connectivity index (χ3n) is 3.85. The Balaban J connectivity index is 3.17. The molecule has 1 rings (SSSR count). The van der Waals surface area contributed by atoms with Crippen molar-refractivity contribution in [3.8, 4) is 0 Å². The summed E-state index contributed by atoms with van der Waals surface area (Å²) < 4.78 is 0. The maximum absolute atomic E-state index is 7.90. The Bertz CT molecular complexity index is 441. The van der Waals surface area contributed by atoms with Crippen molar-refractivity contribution < 1.29 is 0 Å². The second-order valence-electron chi connectivity index (χ2n) is 4.99. The number of amidine groups is 1. The van der Waals surface area contributed by atoms with Crippen LogP contribution in [-0.4, -0.2) is 25.2 Å². The van der Waals surface area contributed by atoms with Gasteiger partial charge in [0, 0.05) is 23.7 Å². The third kappa shape index (κ3) is 3.92. The lowest BCUT2D eigenvalue weighted by molar-refractivity contribution is 0.486. The molecule has 0 amide bonds. The standard InChI is InChI=1S/C16H27N3S/c1-5-12(6-2)11-19(7-3)13-9-8-10-14(20-4)15(13)16(17)18/h8-10,12H,5-7,11H2,1-4H3,(H3,17,18). The molecule has 3 N–H and O–H groups in total. The fourth-order valence-corrected chi connectivity index (χ4v) is 3.11. The zero-order valence-corrected chi connectivity index (χ0v) is 13.9. The SMILES string of the molecule is CCC(CC)CN(CC)c1cccc(SC)c1C(=N)N. The van der Waals surface area contributed by atoms with E-state index in [4.69, 9.17) is 11.1 Å². The molecule has 20 heavy (non-hydrogen) atoms. The van der Waals surface area contributed by atoms with Gasteiger partial charge in [-0.05, 0) is 31.2 Å². The fourth-order valence-electron chi connectivity index (χ4n) is 2.48. The van der Waals surface area contributed by atoms with Crippen molar-refractivity contribution in [1.82, 2.24) is 0 Å². The molecule has 0 heterocycles. The van der Waals surface area contributed by atoms with Gasteiger partial charge in [-0.2, -0.15) is 0 Å². The Labute approximate surface area is 127 Å². The van der Waals surface area contributed by atoms with Crippen molar-refractivity contribution in [1.29, 1.82) is 5.41 Å². The first-order valence-corrected chi connectivity index (χ1v) is 8.57. The Morgan fingerprint density at radius 2 is 1.95 bits per heavy atom. The van der Waals surface area contributed by atoms with E-state index in [9.17, 15) is 0 Å². The van der Waals surface area contributed by atoms with Gasteiger partial charge >= 0.3 is 0 Å². The zero-order chi connectivity index (χ0) is 15.1. The van der Waals surface area contributed by atoms with Crippen LogP contribution in [0.4, 0.5) is 5.69 Å². The van der Waals surface area contributed by atoms with Crippen LogP contribution in [0.15, 0.2) is 23.1 Å². The predicted molar refractivity (Wildman–Crippen MR) is 91.2 cm³/mol. The quantitative estimate of drug-likeness (QED) is 0.433. The van der Waals surface area contributed by atoms with Crippen LogP contribution in [0.25, 0.3) is 0 Å². The summed E-state index contributed by atoms with van der Waals surface area (Å²) in [5, 5.41) is 7.90. The van der Waals surface area contributed by atoms with E-state index in [1.54, 1.807) is 11.8 Å². The van der Waals surface area contributed by atoms with Crippen molar-refractivity contribution in [3.63, 3.8) is 0 Å². The molecule has 0 aromatic heterocycles. The van der Waals surface area contributed by atoms with Gasteiger partial charge in [0.1, 0.15) is 5.84 Å². The molecule has 3 nitrogen and oxygen atoms in total. The molecule has 0 unspecified atom stereocenters. The number of anilines is 1. The van der Waals surface area contributed by atoms with E-state index in [1.165, 1.54) is 12.8 Å². The predicted octanol–water partition coefficient (Wildman–Crippen LogP) is 3.96. The topological polar surface area (TPSA) is 53.1 Å². The Morgan fingerprint density at radius 1 is 1.30 bits per heavy atom. The molecule has 0 atom stereocenters. The molecule has 1 aromatic rings. The van der Waals surface area contributed by atoms with Gasteiger partial charge in [-0.15, -0.1) is 11.8 Å². The van der Waals surface area contributed by atoms with Crippen molar-refractivity contribution >= 4 is 23.3 Å². The first-order chi connectivity index (χ1) is 9.58. The van der Waals surface area contributed by atoms with Gasteiger partial charge in [0.2, 0.25) is 0 Å². The lowest BCUT2D eigenvalue weighted by Gasteiger charge is -2.29. The lowest BCUT2D eigenvalue weighted by atomic mass is 10.0. The minimum atomic E-state index is 0.160. The van der Waals surface area contributed by atoms with Crippen LogP contribution in [-0.2, 0) is 0 Å². The largest absolute Gasteiger partial charge is 0.384 e. The second kappa shape index (κ2) is 8.20. The molecular weight excluding hydrogens is 266 g/mol. The molecule has 0 aliphatic rings. The normalized spacial score (nSPS) is 10.8. The van der Waals surface area contributed by atoms with Gasteiger partial charge in [-0.25, -0.2) is 0 Å². The molecule has 112 valence electrons. The summed E-state index contributed by atoms with van der Waals surface area (Å²) in [4.78, 5) is 3.44. The van der Waals surface area contributed by atoms with Crippen molar-refractivity contribution in [3.05, 3.63) is 23.8 Å². The third-order valence-corrected chi connectivity index (χ3v) is 4.63. The summed E-state index contributed by atoms with van der Waals surface area (Å²) in [5.41, 5.74) is 7.80. The summed E-state index contributed by atoms with van der Waals surface area (Å²) in [6.45, 7) is 8.62. The highest BCUT2D eigenvalue weighted by atomic mass is 32.2. The van der Waals surface area contributed by atoms with Crippen LogP contribution in [0, 0.1) is 11.3 Å².